The minimum absolute atomic E-state index is 0.0871. The van der Waals surface area contributed by atoms with E-state index in [1.165, 1.54) is 27.9 Å². The Labute approximate surface area is 174 Å². The van der Waals surface area contributed by atoms with Crippen LogP contribution in [0, 0.1) is 5.82 Å². The van der Waals surface area contributed by atoms with Crippen LogP contribution in [0.2, 0.25) is 0 Å². The normalized spacial score (nSPS) is 21.5. The summed E-state index contributed by atoms with van der Waals surface area (Å²) in [5.41, 5.74) is 4.99. The largest absolute Gasteiger partial charge is 0.379 e. The van der Waals surface area contributed by atoms with Crippen LogP contribution in [0.15, 0.2) is 42.0 Å². The van der Waals surface area contributed by atoms with E-state index in [9.17, 15) is 4.39 Å². The van der Waals surface area contributed by atoms with E-state index in [4.69, 9.17) is 4.74 Å². The van der Waals surface area contributed by atoms with Crippen LogP contribution in [0.5, 0.6) is 0 Å². The van der Waals surface area contributed by atoms with Crippen molar-refractivity contribution in [1.29, 1.82) is 0 Å². The van der Waals surface area contributed by atoms with Crippen molar-refractivity contribution < 1.29 is 9.13 Å². The lowest BCUT2D eigenvalue weighted by Gasteiger charge is -2.25. The molecule has 8 heteroatoms. The lowest BCUT2D eigenvalue weighted by atomic mass is 9.90. The molecular formula is C21H17FN4OS2. The fraction of sp³-hybridized carbons (Fsp3) is 0.238. The number of pyridine rings is 1. The Morgan fingerprint density at radius 3 is 3.07 bits per heavy atom. The number of hydrogen-bond acceptors (Lipinski definition) is 7. The van der Waals surface area contributed by atoms with Gasteiger partial charge in [-0.3, -0.25) is 0 Å². The zero-order valence-electron chi connectivity index (χ0n) is 15.4. The molecule has 0 amide bonds. The predicted molar refractivity (Wildman–Crippen MR) is 117 cm³/mol. The van der Waals surface area contributed by atoms with Gasteiger partial charge in [0, 0.05) is 29.6 Å². The van der Waals surface area contributed by atoms with E-state index in [1.54, 1.807) is 29.1 Å². The molecule has 5 nitrogen and oxygen atoms in total. The van der Waals surface area contributed by atoms with Gasteiger partial charge in [-0.15, -0.1) is 22.7 Å². The molecule has 0 aliphatic carbocycles. The molecule has 5 heterocycles. The Hall–Kier alpha value is -2.39. The number of ether oxygens (including phenoxy) is 1. The Bertz CT molecular complexity index is 1270. The molecule has 0 bridgehead atoms. The number of benzene rings is 1. The number of nitrogens with zero attached hydrogens (tertiary/aromatic N) is 2. The molecule has 2 aliphatic heterocycles. The van der Waals surface area contributed by atoms with Crippen molar-refractivity contribution in [2.75, 3.05) is 25.1 Å². The number of aromatic nitrogens is 2. The van der Waals surface area contributed by atoms with E-state index in [-0.39, 0.29) is 11.4 Å². The molecule has 6 rings (SSSR count). The monoisotopic (exact) mass is 424 g/mol. The first-order valence-electron chi connectivity index (χ1n) is 9.44. The standard InChI is InChI=1S/C21H17FN4OS2/c22-14-8-19-17(24-11-28-19)9-16(14)26-15-2-4-23-20-12(15)7-18(29-20)13-1-5-25-21(13)3-6-27-10-21/h1-2,4,7-9,11,25H,3,5-6,10H2,(H,23,26). The lowest BCUT2D eigenvalue weighted by Crippen LogP contribution is -2.42. The molecule has 0 radical (unpaired) electrons. The number of thiophene rings is 1. The maximum atomic E-state index is 14.6. The van der Waals surface area contributed by atoms with Crippen molar-refractivity contribution >= 4 is 60.1 Å². The van der Waals surface area contributed by atoms with Crippen molar-refractivity contribution in [1.82, 2.24) is 15.3 Å². The van der Waals surface area contributed by atoms with Gasteiger partial charge in [0.1, 0.15) is 10.6 Å². The highest BCUT2D eigenvalue weighted by atomic mass is 32.1. The SMILES string of the molecule is Fc1cc2scnc2cc1Nc1ccnc2sc(C3=CCNC34CCOC4)cc12. The van der Waals surface area contributed by atoms with Crippen LogP contribution in [0.25, 0.3) is 26.0 Å². The topological polar surface area (TPSA) is 59.1 Å². The summed E-state index contributed by atoms with van der Waals surface area (Å²) in [5.74, 6) is -0.285. The third kappa shape index (κ3) is 2.78. The quantitative estimate of drug-likeness (QED) is 0.488. The molecule has 3 aromatic heterocycles. The zero-order chi connectivity index (χ0) is 19.4. The van der Waals surface area contributed by atoms with Crippen molar-refractivity contribution in [2.24, 2.45) is 0 Å². The van der Waals surface area contributed by atoms with Crippen LogP contribution in [0.1, 0.15) is 11.3 Å². The van der Waals surface area contributed by atoms with Gasteiger partial charge in [0.05, 0.1) is 39.2 Å². The fourth-order valence-corrected chi connectivity index (χ4v) is 6.04. The maximum absolute atomic E-state index is 14.6. The van der Waals surface area contributed by atoms with Gasteiger partial charge >= 0.3 is 0 Å². The van der Waals surface area contributed by atoms with Gasteiger partial charge in [0.25, 0.3) is 0 Å². The van der Waals surface area contributed by atoms with Crippen molar-refractivity contribution in [2.45, 2.75) is 12.0 Å². The second-order valence-electron chi connectivity index (χ2n) is 7.35. The summed E-state index contributed by atoms with van der Waals surface area (Å²) >= 11 is 3.10. The summed E-state index contributed by atoms with van der Waals surface area (Å²) < 4.78 is 21.1. The van der Waals surface area contributed by atoms with Gasteiger partial charge in [-0.25, -0.2) is 14.4 Å². The Balaban J connectivity index is 1.41. The molecule has 1 saturated heterocycles. The van der Waals surface area contributed by atoms with E-state index < -0.39 is 0 Å². The number of rotatable bonds is 3. The molecule has 2 aliphatic rings. The highest BCUT2D eigenvalue weighted by Crippen LogP contribution is 2.43. The van der Waals surface area contributed by atoms with Crippen LogP contribution >= 0.6 is 22.7 Å². The summed E-state index contributed by atoms with van der Waals surface area (Å²) in [6.07, 6.45) is 4.99. The minimum Gasteiger partial charge on any atom is -0.379 e. The van der Waals surface area contributed by atoms with E-state index in [2.05, 4.69) is 32.7 Å². The molecule has 1 atom stereocenters. The third-order valence-electron chi connectivity index (χ3n) is 5.67. The van der Waals surface area contributed by atoms with Crippen LogP contribution in [-0.2, 0) is 4.74 Å². The fourth-order valence-electron chi connectivity index (χ4n) is 4.19. The first-order chi connectivity index (χ1) is 14.2. The highest BCUT2D eigenvalue weighted by Gasteiger charge is 2.41. The van der Waals surface area contributed by atoms with Crippen LogP contribution < -0.4 is 10.6 Å². The van der Waals surface area contributed by atoms with Gasteiger partial charge < -0.3 is 15.4 Å². The lowest BCUT2D eigenvalue weighted by molar-refractivity contribution is 0.183. The van der Waals surface area contributed by atoms with Crippen molar-refractivity contribution in [3.05, 3.63) is 52.7 Å². The summed E-state index contributed by atoms with van der Waals surface area (Å²) in [4.78, 5) is 11.0. The number of thiazole rings is 1. The average Bonchev–Trinajstić information content (AvgIpc) is 3.50. The Kier molecular flexibility index (Phi) is 3.95. The number of fused-ring (bicyclic) bond motifs is 2. The highest BCUT2D eigenvalue weighted by molar-refractivity contribution is 7.19. The molecule has 1 fully saturated rings. The summed E-state index contributed by atoms with van der Waals surface area (Å²) in [6, 6.07) is 7.34. The van der Waals surface area contributed by atoms with E-state index in [0.717, 1.165) is 45.7 Å². The van der Waals surface area contributed by atoms with Crippen LogP contribution in [-0.4, -0.2) is 35.3 Å². The molecule has 0 saturated carbocycles. The van der Waals surface area contributed by atoms with Gasteiger partial charge in [-0.2, -0.15) is 0 Å². The smallest absolute Gasteiger partial charge is 0.148 e. The molecule has 4 aromatic rings. The molecule has 2 N–H and O–H groups in total. The predicted octanol–water partition coefficient (Wildman–Crippen LogP) is 4.93. The Morgan fingerprint density at radius 1 is 1.21 bits per heavy atom. The van der Waals surface area contributed by atoms with Crippen molar-refractivity contribution in [3.8, 4) is 0 Å². The second-order valence-corrected chi connectivity index (χ2v) is 9.27. The number of halogens is 1. The Morgan fingerprint density at radius 2 is 2.17 bits per heavy atom. The van der Waals surface area contributed by atoms with E-state index in [0.29, 0.717) is 12.3 Å². The summed E-state index contributed by atoms with van der Waals surface area (Å²) in [6.45, 7) is 2.33. The average molecular weight is 425 g/mol. The van der Waals surface area contributed by atoms with Gasteiger partial charge in [0.2, 0.25) is 0 Å². The summed E-state index contributed by atoms with van der Waals surface area (Å²) in [5, 5.41) is 7.85. The van der Waals surface area contributed by atoms with E-state index >= 15 is 0 Å². The second kappa shape index (κ2) is 6.56. The van der Waals surface area contributed by atoms with E-state index in [1.807, 2.05) is 6.07 Å². The van der Waals surface area contributed by atoms with Gasteiger partial charge in [-0.05, 0) is 36.3 Å². The van der Waals surface area contributed by atoms with Gasteiger partial charge in [0.15, 0.2) is 0 Å². The molecule has 1 unspecified atom stereocenters. The summed E-state index contributed by atoms with van der Waals surface area (Å²) in [7, 11) is 0. The van der Waals surface area contributed by atoms with Crippen LogP contribution in [0.3, 0.4) is 0 Å². The zero-order valence-corrected chi connectivity index (χ0v) is 17.0. The molecule has 146 valence electrons. The molecule has 1 aromatic carbocycles. The molecule has 1 spiro atoms. The number of anilines is 2. The van der Waals surface area contributed by atoms with Crippen LogP contribution in [0.4, 0.5) is 15.8 Å². The van der Waals surface area contributed by atoms with Crippen molar-refractivity contribution in [3.63, 3.8) is 0 Å². The third-order valence-corrected chi connectivity index (χ3v) is 7.54. The molecular weight excluding hydrogens is 407 g/mol. The minimum atomic E-state index is -0.285. The molecule has 29 heavy (non-hydrogen) atoms. The van der Waals surface area contributed by atoms with Gasteiger partial charge in [-0.1, -0.05) is 6.08 Å². The first kappa shape index (κ1) is 17.5. The maximum Gasteiger partial charge on any atom is 0.148 e. The number of hydrogen-bond donors (Lipinski definition) is 2. The number of nitrogens with one attached hydrogen (secondary N) is 2. The first-order valence-corrected chi connectivity index (χ1v) is 11.1.